The van der Waals surface area contributed by atoms with Crippen LogP contribution in [0.1, 0.15) is 42.1 Å². The number of nitrogens with zero attached hydrogens (tertiary/aromatic N) is 6. The lowest BCUT2D eigenvalue weighted by molar-refractivity contribution is -0.192. The van der Waals surface area contributed by atoms with Crippen molar-refractivity contribution in [3.8, 4) is 0 Å². The quantitative estimate of drug-likeness (QED) is 0.441. The van der Waals surface area contributed by atoms with Crippen molar-refractivity contribution in [3.05, 3.63) is 52.1 Å². The molecule has 0 saturated heterocycles. The van der Waals surface area contributed by atoms with Crippen molar-refractivity contribution >= 4 is 34.9 Å². The van der Waals surface area contributed by atoms with E-state index in [2.05, 4.69) is 54.9 Å². The number of carbonyl (C=O) groups is 1. The summed E-state index contributed by atoms with van der Waals surface area (Å²) in [5, 5.41) is 12.9. The number of aromatic nitrogens is 4. The molecule has 4 rings (SSSR count). The summed E-state index contributed by atoms with van der Waals surface area (Å²) < 4.78 is 35.8. The van der Waals surface area contributed by atoms with Gasteiger partial charge < -0.3 is 19.5 Å². The summed E-state index contributed by atoms with van der Waals surface area (Å²) in [7, 11) is 4.06. The first-order valence-corrected chi connectivity index (χ1v) is 12.3. The fourth-order valence-electron chi connectivity index (χ4n) is 4.64. The lowest BCUT2D eigenvalue weighted by Crippen LogP contribution is -2.29. The van der Waals surface area contributed by atoms with Gasteiger partial charge in [0.2, 0.25) is 0 Å². The highest BCUT2D eigenvalue weighted by atomic mass is 35.5. The van der Waals surface area contributed by atoms with Gasteiger partial charge in [0, 0.05) is 38.9 Å². The summed E-state index contributed by atoms with van der Waals surface area (Å²) in [6.07, 6.45) is 2.05. The van der Waals surface area contributed by atoms with Gasteiger partial charge in [0.15, 0.2) is 5.82 Å². The van der Waals surface area contributed by atoms with Gasteiger partial charge in [0.25, 0.3) is 0 Å². The first kappa shape index (κ1) is 28.4. The standard InChI is InChI=1S/C23H31ClN6.C2HF3O2/c1-6-9-29(14-18-13-27(4)15-25-18)23-19-8-7-10-30(22(19)26-28(23)5)21-17(3)11-16(2)12-20(21)24;3-2(4,5)1(6)7/h11-13,15H,6-10,14H2,1-5H3;(H,6,7). The van der Waals surface area contributed by atoms with Crippen LogP contribution in [-0.4, -0.2) is 49.7 Å². The second-order valence-corrected chi connectivity index (χ2v) is 9.58. The molecule has 0 bridgehead atoms. The van der Waals surface area contributed by atoms with Crippen LogP contribution in [0.15, 0.2) is 24.7 Å². The van der Waals surface area contributed by atoms with Crippen molar-refractivity contribution < 1.29 is 23.1 Å². The van der Waals surface area contributed by atoms with Crippen molar-refractivity contribution in [3.63, 3.8) is 0 Å². The maximum absolute atomic E-state index is 10.6. The number of benzene rings is 1. The first-order chi connectivity index (χ1) is 17.3. The lowest BCUT2D eigenvalue weighted by Gasteiger charge is -2.31. The number of carboxylic acids is 1. The van der Waals surface area contributed by atoms with Crippen LogP contribution in [-0.2, 0) is 31.9 Å². The zero-order valence-electron chi connectivity index (χ0n) is 21.6. The molecule has 0 aliphatic carbocycles. The van der Waals surface area contributed by atoms with Crippen LogP contribution in [0.5, 0.6) is 0 Å². The molecule has 3 heterocycles. The Morgan fingerprint density at radius 1 is 1.24 bits per heavy atom. The van der Waals surface area contributed by atoms with Gasteiger partial charge in [-0.3, -0.25) is 4.68 Å². The topological polar surface area (TPSA) is 79.4 Å². The first-order valence-electron chi connectivity index (χ1n) is 12.0. The summed E-state index contributed by atoms with van der Waals surface area (Å²) in [4.78, 5) is 18.2. The van der Waals surface area contributed by atoms with Crippen molar-refractivity contribution in [1.29, 1.82) is 0 Å². The number of halogens is 4. The molecule has 1 aliphatic rings. The predicted molar refractivity (Wildman–Crippen MR) is 138 cm³/mol. The van der Waals surface area contributed by atoms with E-state index >= 15 is 0 Å². The molecule has 2 aromatic heterocycles. The van der Waals surface area contributed by atoms with E-state index in [1.165, 1.54) is 22.5 Å². The largest absolute Gasteiger partial charge is 0.490 e. The molecule has 1 N–H and O–H groups in total. The van der Waals surface area contributed by atoms with Crippen LogP contribution in [0.25, 0.3) is 0 Å². The van der Waals surface area contributed by atoms with Crippen molar-refractivity contribution in [2.45, 2.75) is 52.8 Å². The predicted octanol–water partition coefficient (Wildman–Crippen LogP) is 5.56. The molecule has 1 aromatic carbocycles. The van der Waals surface area contributed by atoms with E-state index < -0.39 is 12.1 Å². The highest BCUT2D eigenvalue weighted by molar-refractivity contribution is 6.33. The SMILES string of the molecule is CCCN(Cc1cn(C)cn1)c1c2c(nn1C)N(c1c(C)cc(C)cc1Cl)CCC2.O=C(O)C(F)(F)F. The third-order valence-corrected chi connectivity index (χ3v) is 6.26. The lowest BCUT2D eigenvalue weighted by atomic mass is 10.0. The van der Waals surface area contributed by atoms with E-state index in [9.17, 15) is 13.2 Å². The molecular weight excluding hydrogens is 509 g/mol. The number of anilines is 3. The van der Waals surface area contributed by atoms with Gasteiger partial charge in [-0.2, -0.15) is 18.3 Å². The van der Waals surface area contributed by atoms with E-state index in [0.717, 1.165) is 61.1 Å². The minimum atomic E-state index is -5.08. The zero-order chi connectivity index (χ0) is 27.5. The summed E-state index contributed by atoms with van der Waals surface area (Å²) in [6.45, 7) is 9.12. The van der Waals surface area contributed by atoms with Gasteiger partial charge in [0.1, 0.15) is 5.82 Å². The average molecular weight is 541 g/mol. The molecule has 37 heavy (non-hydrogen) atoms. The number of carboxylic acid groups (broad SMARTS) is 1. The minimum absolute atomic E-state index is 0.783. The molecule has 202 valence electrons. The number of imidazole rings is 1. The Balaban J connectivity index is 0.000000479. The summed E-state index contributed by atoms with van der Waals surface area (Å²) in [5.41, 5.74) is 5.85. The molecule has 12 heteroatoms. The maximum Gasteiger partial charge on any atom is 0.490 e. The maximum atomic E-state index is 10.6. The smallest absolute Gasteiger partial charge is 0.475 e. The number of hydrogen-bond acceptors (Lipinski definition) is 5. The van der Waals surface area contributed by atoms with Gasteiger partial charge in [-0.05, 0) is 50.3 Å². The Morgan fingerprint density at radius 2 is 1.92 bits per heavy atom. The molecule has 0 saturated carbocycles. The van der Waals surface area contributed by atoms with Crippen LogP contribution < -0.4 is 9.80 Å². The Kier molecular flexibility index (Phi) is 8.78. The highest BCUT2D eigenvalue weighted by Gasteiger charge is 2.38. The Hall–Kier alpha value is -3.21. The van der Waals surface area contributed by atoms with Crippen LogP contribution in [0, 0.1) is 13.8 Å². The zero-order valence-corrected chi connectivity index (χ0v) is 22.4. The van der Waals surface area contributed by atoms with E-state index in [1.807, 2.05) is 28.7 Å². The third kappa shape index (κ3) is 6.57. The minimum Gasteiger partial charge on any atom is -0.475 e. The van der Waals surface area contributed by atoms with Crippen LogP contribution >= 0.6 is 11.6 Å². The summed E-state index contributed by atoms with van der Waals surface area (Å²) in [6, 6.07) is 4.25. The fourth-order valence-corrected chi connectivity index (χ4v) is 5.07. The molecule has 0 atom stereocenters. The van der Waals surface area contributed by atoms with Gasteiger partial charge in [0.05, 0.1) is 29.3 Å². The molecule has 0 spiro atoms. The molecule has 1 aliphatic heterocycles. The molecule has 0 unspecified atom stereocenters. The molecule has 0 amide bonds. The van der Waals surface area contributed by atoms with Crippen LogP contribution in [0.2, 0.25) is 5.02 Å². The Bertz CT molecular complexity index is 1230. The van der Waals surface area contributed by atoms with Crippen LogP contribution in [0.3, 0.4) is 0 Å². The number of alkyl halides is 3. The number of rotatable bonds is 6. The number of fused-ring (bicyclic) bond motifs is 1. The van der Waals surface area contributed by atoms with Crippen molar-refractivity contribution in [2.24, 2.45) is 14.1 Å². The highest BCUT2D eigenvalue weighted by Crippen LogP contribution is 2.42. The van der Waals surface area contributed by atoms with E-state index in [4.69, 9.17) is 26.6 Å². The van der Waals surface area contributed by atoms with E-state index in [0.29, 0.717) is 0 Å². The number of aliphatic carboxylic acids is 1. The van der Waals surface area contributed by atoms with Crippen molar-refractivity contribution in [1.82, 2.24) is 19.3 Å². The number of hydrogen-bond donors (Lipinski definition) is 1. The van der Waals surface area contributed by atoms with Crippen molar-refractivity contribution in [2.75, 3.05) is 22.9 Å². The fraction of sp³-hybridized carbons (Fsp3) is 0.480. The van der Waals surface area contributed by atoms with Crippen LogP contribution in [0.4, 0.5) is 30.5 Å². The van der Waals surface area contributed by atoms with Gasteiger partial charge >= 0.3 is 12.1 Å². The summed E-state index contributed by atoms with van der Waals surface area (Å²) in [5.74, 6) is -0.523. The normalized spacial score (nSPS) is 13.2. The third-order valence-electron chi connectivity index (χ3n) is 5.97. The van der Waals surface area contributed by atoms with Gasteiger partial charge in [-0.15, -0.1) is 0 Å². The molecule has 3 aromatic rings. The number of aryl methyl sites for hydroxylation is 4. The second kappa shape index (κ2) is 11.5. The van der Waals surface area contributed by atoms with E-state index in [1.54, 1.807) is 0 Å². The Morgan fingerprint density at radius 3 is 2.46 bits per heavy atom. The molecule has 8 nitrogen and oxygen atoms in total. The second-order valence-electron chi connectivity index (χ2n) is 9.17. The average Bonchev–Trinajstić information content (AvgIpc) is 3.34. The van der Waals surface area contributed by atoms with Gasteiger partial charge in [-0.25, -0.2) is 9.78 Å². The van der Waals surface area contributed by atoms with Gasteiger partial charge in [-0.1, -0.05) is 24.6 Å². The molecular formula is C25H32ClF3N6O2. The Labute approximate surface area is 219 Å². The molecule has 0 fully saturated rings. The monoisotopic (exact) mass is 540 g/mol. The molecule has 0 radical (unpaired) electrons. The van der Waals surface area contributed by atoms with E-state index in [-0.39, 0.29) is 0 Å². The summed E-state index contributed by atoms with van der Waals surface area (Å²) >= 11 is 6.71.